The van der Waals surface area contributed by atoms with E-state index in [9.17, 15) is 18.0 Å². The first kappa shape index (κ1) is 19.1. The second-order valence-corrected chi connectivity index (χ2v) is 5.46. The van der Waals surface area contributed by atoms with E-state index in [-0.39, 0.29) is 80.7 Å². The summed E-state index contributed by atoms with van der Waals surface area (Å²) >= 11 is 0. The number of benzene rings is 1. The van der Waals surface area contributed by atoms with Crippen molar-refractivity contribution in [1.29, 1.82) is 0 Å². The Balaban J connectivity index is 0.00000324. The van der Waals surface area contributed by atoms with E-state index in [1.165, 1.54) is 31.2 Å². The van der Waals surface area contributed by atoms with Crippen LogP contribution in [0.5, 0.6) is 0 Å². The first-order chi connectivity index (χ1) is 8.29. The van der Waals surface area contributed by atoms with Crippen molar-refractivity contribution >= 4 is 73.1 Å². The molecule has 0 amide bonds. The fourth-order valence-corrected chi connectivity index (χ4v) is 1.96. The monoisotopic (exact) mass is 310 g/mol. The number of rotatable bonds is 6. The molecule has 0 fully saturated rings. The minimum atomic E-state index is -4.18. The van der Waals surface area contributed by atoms with Gasteiger partial charge in [-0.15, -0.1) is 0 Å². The van der Waals surface area contributed by atoms with Gasteiger partial charge in [-0.2, -0.15) is 8.42 Å². The number of carbonyl (C=O) groups is 2. The number of hydrogen-bond donors (Lipinski definition) is 1. The fraction of sp³-hybridized carbons (Fsp3) is 0.333. The van der Waals surface area contributed by atoms with E-state index in [0.29, 0.717) is 6.42 Å². The summed E-state index contributed by atoms with van der Waals surface area (Å²) in [5.74, 6) is -0.303. The second-order valence-electron chi connectivity index (χ2n) is 4.04. The summed E-state index contributed by atoms with van der Waals surface area (Å²) < 4.78 is 30.4. The molecule has 0 bridgehead atoms. The molecule has 100 valence electrons. The predicted molar refractivity (Wildman–Crippen MR) is 72.0 cm³/mol. The Hall–Kier alpha value is 0.106. The van der Waals surface area contributed by atoms with Crippen LogP contribution in [0.2, 0.25) is 0 Å². The molecule has 7 heteroatoms. The Morgan fingerprint density at radius 1 is 1.16 bits per heavy atom. The summed E-state index contributed by atoms with van der Waals surface area (Å²) in [5.41, 5.74) is 0.777. The van der Waals surface area contributed by atoms with Crippen molar-refractivity contribution in [2.75, 3.05) is 0 Å². The van der Waals surface area contributed by atoms with E-state index in [4.69, 9.17) is 4.55 Å². The van der Waals surface area contributed by atoms with Gasteiger partial charge in [0, 0.05) is 6.42 Å². The van der Waals surface area contributed by atoms with Gasteiger partial charge in [-0.3, -0.25) is 14.1 Å². The molecule has 0 radical (unpaired) electrons. The van der Waals surface area contributed by atoms with E-state index < -0.39 is 10.1 Å². The zero-order valence-corrected chi connectivity index (χ0v) is 10.7. The SMILES string of the molecule is CC(=O)CC(=O)CCc1ccc(S(=O)(=O)O)cc1.[KH]. The molecule has 0 saturated heterocycles. The molecular weight excluding hydrogens is 295 g/mol. The molecule has 1 aromatic carbocycles. The van der Waals surface area contributed by atoms with Gasteiger partial charge in [0.1, 0.15) is 11.6 Å². The van der Waals surface area contributed by atoms with Crippen molar-refractivity contribution in [3.8, 4) is 0 Å². The zero-order chi connectivity index (χ0) is 13.8. The van der Waals surface area contributed by atoms with Crippen LogP contribution >= 0.6 is 0 Å². The van der Waals surface area contributed by atoms with Crippen molar-refractivity contribution < 1.29 is 22.6 Å². The van der Waals surface area contributed by atoms with Crippen molar-refractivity contribution in [1.82, 2.24) is 0 Å². The number of Topliss-reactive ketones (excluding diaryl/α,β-unsaturated/α-hetero) is 2. The van der Waals surface area contributed by atoms with Crippen LogP contribution in [0.15, 0.2) is 29.2 Å². The molecule has 0 aliphatic rings. The molecule has 0 aliphatic heterocycles. The Morgan fingerprint density at radius 3 is 2.11 bits per heavy atom. The molecule has 0 aromatic heterocycles. The first-order valence-electron chi connectivity index (χ1n) is 5.36. The average Bonchev–Trinajstić information content (AvgIpc) is 2.25. The molecule has 5 nitrogen and oxygen atoms in total. The Bertz CT molecular complexity index is 548. The predicted octanol–water partition coefficient (Wildman–Crippen LogP) is 0.766. The average molecular weight is 310 g/mol. The van der Waals surface area contributed by atoms with Crippen molar-refractivity contribution in [3.05, 3.63) is 29.8 Å². The first-order valence-corrected chi connectivity index (χ1v) is 6.80. The topological polar surface area (TPSA) is 88.5 Å². The van der Waals surface area contributed by atoms with Gasteiger partial charge >= 0.3 is 51.4 Å². The number of carbonyl (C=O) groups excluding carboxylic acids is 2. The molecule has 1 rings (SSSR count). The van der Waals surface area contributed by atoms with Crippen molar-refractivity contribution in [3.63, 3.8) is 0 Å². The molecular formula is C12H15KO5S. The van der Waals surface area contributed by atoms with Crippen LogP contribution in [0.4, 0.5) is 0 Å². The van der Waals surface area contributed by atoms with Crippen LogP contribution < -0.4 is 0 Å². The molecule has 0 atom stereocenters. The maximum absolute atomic E-state index is 11.3. The third kappa shape index (κ3) is 7.45. The van der Waals surface area contributed by atoms with Crippen LogP contribution in [0.3, 0.4) is 0 Å². The van der Waals surface area contributed by atoms with E-state index in [2.05, 4.69) is 0 Å². The number of hydrogen-bond acceptors (Lipinski definition) is 4. The Labute approximate surface area is 154 Å². The van der Waals surface area contributed by atoms with Gasteiger partial charge in [0.2, 0.25) is 0 Å². The molecule has 0 saturated carbocycles. The van der Waals surface area contributed by atoms with E-state index in [1.807, 2.05) is 0 Å². The van der Waals surface area contributed by atoms with Gasteiger partial charge in [0.15, 0.2) is 0 Å². The summed E-state index contributed by atoms with van der Waals surface area (Å²) in [4.78, 5) is 21.8. The third-order valence-corrected chi connectivity index (χ3v) is 3.23. The summed E-state index contributed by atoms with van der Waals surface area (Å²) in [6.45, 7) is 1.36. The van der Waals surface area contributed by atoms with Crippen LogP contribution in [-0.4, -0.2) is 75.9 Å². The number of ketones is 2. The summed E-state index contributed by atoms with van der Waals surface area (Å²) in [6, 6.07) is 5.62. The van der Waals surface area contributed by atoms with Gasteiger partial charge in [-0.05, 0) is 31.0 Å². The summed E-state index contributed by atoms with van der Waals surface area (Å²) in [7, 11) is -4.18. The van der Waals surface area contributed by atoms with Gasteiger partial charge in [0.25, 0.3) is 10.1 Å². The van der Waals surface area contributed by atoms with E-state index in [0.717, 1.165) is 5.56 Å². The van der Waals surface area contributed by atoms with E-state index in [1.54, 1.807) is 0 Å². The van der Waals surface area contributed by atoms with Gasteiger partial charge < -0.3 is 0 Å². The molecule has 0 aliphatic carbocycles. The van der Waals surface area contributed by atoms with Crippen LogP contribution in [0.25, 0.3) is 0 Å². The van der Waals surface area contributed by atoms with Crippen LogP contribution in [0.1, 0.15) is 25.3 Å². The van der Waals surface area contributed by atoms with Crippen LogP contribution in [-0.2, 0) is 26.1 Å². The standard InChI is InChI=1S/C12H14O5S.K.H/c1-9(13)8-11(14)5-2-10-3-6-12(7-4-10)18(15,16)17;;/h3-4,6-7H,2,5,8H2,1H3,(H,15,16,17);;. The maximum atomic E-state index is 11.3. The van der Waals surface area contributed by atoms with Gasteiger partial charge in [0.05, 0.1) is 11.3 Å². The molecule has 0 spiro atoms. The minimum absolute atomic E-state index is 0. The molecule has 0 unspecified atom stereocenters. The molecule has 19 heavy (non-hydrogen) atoms. The normalized spacial score (nSPS) is 10.6. The van der Waals surface area contributed by atoms with Gasteiger partial charge in [-0.25, -0.2) is 0 Å². The Morgan fingerprint density at radius 2 is 1.68 bits per heavy atom. The molecule has 1 N–H and O–H groups in total. The second kappa shape index (κ2) is 8.41. The van der Waals surface area contributed by atoms with Crippen LogP contribution in [0, 0.1) is 0 Å². The third-order valence-electron chi connectivity index (χ3n) is 2.36. The summed E-state index contributed by atoms with van der Waals surface area (Å²) in [5, 5.41) is 0. The summed E-state index contributed by atoms with van der Waals surface area (Å²) in [6.07, 6.45) is 0.617. The molecule has 1 aromatic rings. The zero-order valence-electron chi connectivity index (χ0n) is 9.92. The quantitative estimate of drug-likeness (QED) is 0.476. The van der Waals surface area contributed by atoms with Crippen molar-refractivity contribution in [2.45, 2.75) is 31.1 Å². The Kier molecular flexibility index (Phi) is 8.45. The van der Waals surface area contributed by atoms with Crippen molar-refractivity contribution in [2.24, 2.45) is 0 Å². The fourth-order valence-electron chi connectivity index (χ4n) is 1.48. The van der Waals surface area contributed by atoms with E-state index >= 15 is 0 Å². The molecule has 0 heterocycles. The number of aryl methyl sites for hydroxylation is 1. The van der Waals surface area contributed by atoms with Gasteiger partial charge in [-0.1, -0.05) is 12.1 Å².